The molecule has 4 rings (SSSR count). The number of aliphatic carboxylic acids is 1. The van der Waals surface area contributed by atoms with E-state index in [0.29, 0.717) is 12.8 Å². The van der Waals surface area contributed by atoms with Crippen LogP contribution < -0.4 is 5.32 Å². The Morgan fingerprint density at radius 1 is 1.06 bits per heavy atom. The Kier molecular flexibility index (Phi) is 5.91. The number of carbonyl (C=O) groups excluding carboxylic acids is 2. The van der Waals surface area contributed by atoms with E-state index in [1.54, 1.807) is 0 Å². The molecule has 0 radical (unpaired) electrons. The normalized spacial score (nSPS) is 17.2. The van der Waals surface area contributed by atoms with Crippen molar-refractivity contribution in [1.82, 2.24) is 10.2 Å². The number of rotatable bonds is 6. The first-order valence-corrected chi connectivity index (χ1v) is 11.0. The lowest BCUT2D eigenvalue weighted by Gasteiger charge is -2.34. The van der Waals surface area contributed by atoms with Crippen LogP contribution in [0.3, 0.4) is 0 Å². The molecule has 0 aliphatic heterocycles. The van der Waals surface area contributed by atoms with Crippen molar-refractivity contribution in [2.75, 3.05) is 13.7 Å². The fourth-order valence-electron chi connectivity index (χ4n) is 4.88. The Labute approximate surface area is 187 Å². The van der Waals surface area contributed by atoms with E-state index in [-0.39, 0.29) is 12.5 Å². The minimum absolute atomic E-state index is 0.0712. The Bertz CT molecular complexity index is 999. The van der Waals surface area contributed by atoms with Gasteiger partial charge in [0.05, 0.1) is 0 Å². The molecule has 1 fully saturated rings. The summed E-state index contributed by atoms with van der Waals surface area (Å²) < 4.78 is 5.63. The summed E-state index contributed by atoms with van der Waals surface area (Å²) in [6.45, 7) is 1.61. The zero-order valence-corrected chi connectivity index (χ0v) is 18.3. The van der Waals surface area contributed by atoms with E-state index in [1.165, 1.54) is 18.9 Å². The molecule has 7 heteroatoms. The Morgan fingerprint density at radius 2 is 1.59 bits per heavy atom. The van der Waals surface area contributed by atoms with Gasteiger partial charge in [-0.15, -0.1) is 0 Å². The Morgan fingerprint density at radius 3 is 2.12 bits per heavy atom. The number of nitrogens with zero attached hydrogens (tertiary/aromatic N) is 1. The molecule has 0 aromatic heterocycles. The number of ether oxygens (including phenoxy) is 1. The van der Waals surface area contributed by atoms with E-state index in [9.17, 15) is 19.5 Å². The van der Waals surface area contributed by atoms with Crippen molar-refractivity contribution in [1.29, 1.82) is 0 Å². The summed E-state index contributed by atoms with van der Waals surface area (Å²) >= 11 is 0. The van der Waals surface area contributed by atoms with Gasteiger partial charge < -0.3 is 20.1 Å². The van der Waals surface area contributed by atoms with Crippen molar-refractivity contribution in [3.8, 4) is 11.1 Å². The van der Waals surface area contributed by atoms with Gasteiger partial charge in [0.1, 0.15) is 18.2 Å². The number of alkyl carbamates (subject to hydrolysis) is 1. The van der Waals surface area contributed by atoms with E-state index in [1.807, 2.05) is 36.4 Å². The van der Waals surface area contributed by atoms with Gasteiger partial charge in [0.2, 0.25) is 5.91 Å². The number of hydrogen-bond donors (Lipinski definition) is 2. The molecular formula is C25H28N2O5. The first-order valence-electron chi connectivity index (χ1n) is 11.0. The highest BCUT2D eigenvalue weighted by Crippen LogP contribution is 2.44. The number of amides is 2. The lowest BCUT2D eigenvalue weighted by Crippen LogP contribution is -2.59. The maximum atomic E-state index is 13.1. The molecule has 2 aromatic carbocycles. The zero-order chi connectivity index (χ0) is 22.9. The van der Waals surface area contributed by atoms with Gasteiger partial charge in [-0.25, -0.2) is 9.59 Å². The van der Waals surface area contributed by atoms with E-state index < -0.39 is 29.6 Å². The van der Waals surface area contributed by atoms with Crippen LogP contribution in [0.15, 0.2) is 48.5 Å². The summed E-state index contributed by atoms with van der Waals surface area (Å²) in [6.07, 6.45) is 1.84. The van der Waals surface area contributed by atoms with Crippen LogP contribution in [-0.4, -0.2) is 53.2 Å². The van der Waals surface area contributed by atoms with Crippen molar-refractivity contribution in [3.05, 3.63) is 59.7 Å². The molecule has 0 saturated heterocycles. The quantitative estimate of drug-likeness (QED) is 0.719. The highest BCUT2D eigenvalue weighted by atomic mass is 16.5. The molecule has 32 heavy (non-hydrogen) atoms. The van der Waals surface area contributed by atoms with Gasteiger partial charge >= 0.3 is 12.1 Å². The van der Waals surface area contributed by atoms with Crippen LogP contribution in [0, 0.1) is 0 Å². The van der Waals surface area contributed by atoms with Crippen molar-refractivity contribution in [2.45, 2.75) is 50.1 Å². The van der Waals surface area contributed by atoms with E-state index in [0.717, 1.165) is 35.1 Å². The van der Waals surface area contributed by atoms with Crippen molar-refractivity contribution in [3.63, 3.8) is 0 Å². The lowest BCUT2D eigenvalue weighted by atomic mass is 9.95. The number of carboxylic acids is 1. The molecule has 0 bridgehead atoms. The molecule has 1 atom stereocenters. The fraction of sp³-hybridized carbons (Fsp3) is 0.400. The molecule has 2 aliphatic rings. The monoisotopic (exact) mass is 436 g/mol. The van der Waals surface area contributed by atoms with Gasteiger partial charge in [0, 0.05) is 13.0 Å². The third-order valence-corrected chi connectivity index (χ3v) is 6.81. The molecule has 0 unspecified atom stereocenters. The summed E-state index contributed by atoms with van der Waals surface area (Å²) in [5.41, 5.74) is 3.39. The predicted octanol–water partition coefficient (Wildman–Crippen LogP) is 3.77. The lowest BCUT2D eigenvalue weighted by molar-refractivity contribution is -0.151. The van der Waals surface area contributed by atoms with E-state index in [2.05, 4.69) is 17.4 Å². The first kappa shape index (κ1) is 21.9. The van der Waals surface area contributed by atoms with E-state index in [4.69, 9.17) is 4.74 Å². The standard InChI is InChI=1S/C25H28N2O5/c1-16(22(28)29)27(2)23(30)25(13-7-8-14-25)26-24(31)32-15-21-19-11-5-3-9-17(19)18-10-4-6-12-20(18)21/h3-6,9-12,16,21H,7-8,13-15H2,1-2H3,(H,26,31)(H,28,29)/t16-/m0/s1. The summed E-state index contributed by atoms with van der Waals surface area (Å²) in [5.74, 6) is -1.55. The van der Waals surface area contributed by atoms with Crippen molar-refractivity contribution in [2.24, 2.45) is 0 Å². The van der Waals surface area contributed by atoms with Crippen molar-refractivity contribution >= 4 is 18.0 Å². The molecular weight excluding hydrogens is 408 g/mol. The van der Waals surface area contributed by atoms with Crippen LogP contribution in [0.2, 0.25) is 0 Å². The molecule has 1 saturated carbocycles. The number of fused-ring (bicyclic) bond motifs is 3. The minimum Gasteiger partial charge on any atom is -0.480 e. The summed E-state index contributed by atoms with van der Waals surface area (Å²) in [5, 5.41) is 12.1. The van der Waals surface area contributed by atoms with Gasteiger partial charge in [-0.1, -0.05) is 61.4 Å². The van der Waals surface area contributed by atoms with Crippen LogP contribution in [-0.2, 0) is 14.3 Å². The van der Waals surface area contributed by atoms with Crippen LogP contribution in [0.5, 0.6) is 0 Å². The third kappa shape index (κ3) is 3.83. The predicted molar refractivity (Wildman–Crippen MR) is 119 cm³/mol. The highest BCUT2D eigenvalue weighted by Gasteiger charge is 2.46. The number of carboxylic acid groups (broad SMARTS) is 1. The Hall–Kier alpha value is -3.35. The zero-order valence-electron chi connectivity index (χ0n) is 18.3. The summed E-state index contributed by atoms with van der Waals surface area (Å²) in [6, 6.07) is 15.2. The topological polar surface area (TPSA) is 95.9 Å². The summed E-state index contributed by atoms with van der Waals surface area (Å²) in [7, 11) is 1.46. The molecule has 2 N–H and O–H groups in total. The molecule has 168 valence electrons. The van der Waals surface area contributed by atoms with Crippen LogP contribution in [0.4, 0.5) is 4.79 Å². The highest BCUT2D eigenvalue weighted by molar-refractivity contribution is 5.92. The van der Waals surface area contributed by atoms with Crippen molar-refractivity contribution < 1.29 is 24.2 Å². The molecule has 0 spiro atoms. The maximum Gasteiger partial charge on any atom is 0.408 e. The summed E-state index contributed by atoms with van der Waals surface area (Å²) in [4.78, 5) is 38.4. The number of nitrogens with one attached hydrogen (secondary N) is 1. The maximum absolute atomic E-state index is 13.1. The molecule has 2 aromatic rings. The smallest absolute Gasteiger partial charge is 0.408 e. The third-order valence-electron chi connectivity index (χ3n) is 6.81. The second kappa shape index (κ2) is 8.65. The Balaban J connectivity index is 1.47. The molecule has 0 heterocycles. The van der Waals surface area contributed by atoms with E-state index >= 15 is 0 Å². The van der Waals surface area contributed by atoms with Gasteiger partial charge in [0.15, 0.2) is 0 Å². The average Bonchev–Trinajstić information content (AvgIpc) is 3.39. The minimum atomic E-state index is -1.12. The molecule has 7 nitrogen and oxygen atoms in total. The van der Waals surface area contributed by atoms with Gasteiger partial charge in [-0.2, -0.15) is 0 Å². The first-order chi connectivity index (χ1) is 15.3. The van der Waals surface area contributed by atoms with Gasteiger partial charge in [-0.3, -0.25) is 4.79 Å². The molecule has 2 aliphatic carbocycles. The number of likely N-dealkylation sites (N-methyl/N-ethyl adjacent to an activating group) is 1. The van der Waals surface area contributed by atoms with Crippen LogP contribution in [0.1, 0.15) is 49.7 Å². The largest absolute Gasteiger partial charge is 0.480 e. The second-order valence-corrected chi connectivity index (χ2v) is 8.67. The number of hydrogen-bond acceptors (Lipinski definition) is 4. The van der Waals surface area contributed by atoms with Gasteiger partial charge in [0.25, 0.3) is 0 Å². The van der Waals surface area contributed by atoms with Crippen LogP contribution >= 0.6 is 0 Å². The second-order valence-electron chi connectivity index (χ2n) is 8.67. The average molecular weight is 437 g/mol. The fourth-order valence-corrected chi connectivity index (χ4v) is 4.88. The van der Waals surface area contributed by atoms with Gasteiger partial charge in [-0.05, 0) is 42.0 Å². The molecule has 2 amide bonds. The van der Waals surface area contributed by atoms with Crippen LogP contribution in [0.25, 0.3) is 11.1 Å². The number of benzene rings is 2. The SMILES string of the molecule is C[C@@H](C(=O)O)N(C)C(=O)C1(NC(=O)OCC2c3ccccc3-c3ccccc32)CCCC1. The number of carbonyl (C=O) groups is 3.